The van der Waals surface area contributed by atoms with Gasteiger partial charge in [-0.3, -0.25) is 9.48 Å². The highest BCUT2D eigenvalue weighted by Gasteiger charge is 2.12. The van der Waals surface area contributed by atoms with Gasteiger partial charge in [-0.05, 0) is 65.3 Å². The Morgan fingerprint density at radius 3 is 2.75 bits per heavy atom. The molecule has 1 N–H and O–H groups in total. The van der Waals surface area contributed by atoms with Gasteiger partial charge in [-0.15, -0.1) is 11.3 Å². The van der Waals surface area contributed by atoms with Crippen molar-refractivity contribution in [2.24, 2.45) is 5.10 Å². The van der Waals surface area contributed by atoms with Gasteiger partial charge in [-0.2, -0.15) is 10.2 Å². The van der Waals surface area contributed by atoms with E-state index in [-0.39, 0.29) is 5.91 Å². The maximum Gasteiger partial charge on any atom is 0.281 e. The standard InChI is InChI=1S/C20H21BrN4O2S/c1-12-7-8-28-19(12)20(26)23-22-10-15-5-6-16(17(9-15)27-4)11-25-14(3)18(21)13(2)24-25/h5-10H,11H2,1-4H3,(H,23,26). The molecule has 0 aliphatic heterocycles. The Kier molecular flexibility index (Phi) is 6.31. The number of ether oxygens (including phenoxy) is 1. The lowest BCUT2D eigenvalue weighted by molar-refractivity contribution is 0.0958. The number of nitrogens with zero attached hydrogens (tertiary/aromatic N) is 3. The summed E-state index contributed by atoms with van der Waals surface area (Å²) >= 11 is 4.95. The predicted molar refractivity (Wildman–Crippen MR) is 116 cm³/mol. The Morgan fingerprint density at radius 1 is 1.36 bits per heavy atom. The number of benzene rings is 1. The van der Waals surface area contributed by atoms with Crippen molar-refractivity contribution >= 4 is 39.4 Å². The number of halogens is 1. The van der Waals surface area contributed by atoms with E-state index in [2.05, 4.69) is 31.6 Å². The number of rotatable bonds is 6. The lowest BCUT2D eigenvalue weighted by Crippen LogP contribution is -2.17. The van der Waals surface area contributed by atoms with Gasteiger partial charge >= 0.3 is 0 Å². The van der Waals surface area contributed by atoms with Crippen molar-refractivity contribution in [3.05, 3.63) is 67.1 Å². The molecule has 0 atom stereocenters. The molecule has 0 saturated heterocycles. The highest BCUT2D eigenvalue weighted by Crippen LogP contribution is 2.24. The van der Waals surface area contributed by atoms with E-state index in [4.69, 9.17) is 4.74 Å². The number of nitrogens with one attached hydrogen (secondary N) is 1. The van der Waals surface area contributed by atoms with Crippen LogP contribution >= 0.6 is 27.3 Å². The van der Waals surface area contributed by atoms with E-state index in [0.29, 0.717) is 11.4 Å². The molecule has 1 aromatic carbocycles. The first kappa shape index (κ1) is 20.3. The molecular formula is C20H21BrN4O2S. The van der Waals surface area contributed by atoms with Crippen molar-refractivity contribution < 1.29 is 9.53 Å². The van der Waals surface area contributed by atoms with Crippen LogP contribution in [0.25, 0.3) is 0 Å². The quantitative estimate of drug-likeness (QED) is 0.436. The summed E-state index contributed by atoms with van der Waals surface area (Å²) in [5, 5.41) is 10.5. The average molecular weight is 461 g/mol. The third kappa shape index (κ3) is 4.34. The minimum atomic E-state index is -0.206. The summed E-state index contributed by atoms with van der Waals surface area (Å²) in [6.45, 7) is 6.50. The van der Waals surface area contributed by atoms with Crippen molar-refractivity contribution in [1.29, 1.82) is 0 Å². The Bertz CT molecular complexity index is 1040. The van der Waals surface area contributed by atoms with Crippen LogP contribution in [0.4, 0.5) is 0 Å². The molecule has 3 rings (SSSR count). The summed E-state index contributed by atoms with van der Waals surface area (Å²) in [4.78, 5) is 12.8. The number of thiophene rings is 1. The summed E-state index contributed by atoms with van der Waals surface area (Å²) in [6, 6.07) is 7.72. The van der Waals surface area contributed by atoms with E-state index in [1.54, 1.807) is 13.3 Å². The molecular weight excluding hydrogens is 440 g/mol. The van der Waals surface area contributed by atoms with Gasteiger partial charge in [0.05, 0.1) is 40.6 Å². The summed E-state index contributed by atoms with van der Waals surface area (Å²) in [5.41, 5.74) is 7.37. The number of hydrogen-bond acceptors (Lipinski definition) is 5. The van der Waals surface area contributed by atoms with Crippen LogP contribution in [-0.2, 0) is 6.54 Å². The second-order valence-electron chi connectivity index (χ2n) is 6.35. The number of methoxy groups -OCH3 is 1. The maximum atomic E-state index is 12.1. The number of hydrazone groups is 1. The van der Waals surface area contributed by atoms with Crippen molar-refractivity contribution in [3.63, 3.8) is 0 Å². The molecule has 0 fully saturated rings. The normalized spacial score (nSPS) is 11.2. The number of carbonyl (C=O) groups excluding carboxylic acids is 1. The second kappa shape index (κ2) is 8.70. The van der Waals surface area contributed by atoms with Gasteiger partial charge < -0.3 is 4.74 Å². The van der Waals surface area contributed by atoms with Crippen molar-refractivity contribution in [2.75, 3.05) is 7.11 Å². The maximum absolute atomic E-state index is 12.1. The van der Waals surface area contributed by atoms with E-state index in [1.807, 2.05) is 55.1 Å². The largest absolute Gasteiger partial charge is 0.496 e. The van der Waals surface area contributed by atoms with E-state index in [9.17, 15) is 4.79 Å². The Hall–Kier alpha value is -2.45. The van der Waals surface area contributed by atoms with E-state index >= 15 is 0 Å². The zero-order valence-corrected chi connectivity index (χ0v) is 18.5. The Morgan fingerprint density at radius 2 is 2.14 bits per heavy atom. The molecule has 146 valence electrons. The molecule has 8 heteroatoms. The van der Waals surface area contributed by atoms with Crippen LogP contribution in [0, 0.1) is 20.8 Å². The highest BCUT2D eigenvalue weighted by atomic mass is 79.9. The van der Waals surface area contributed by atoms with Gasteiger partial charge in [0.15, 0.2) is 0 Å². The fourth-order valence-electron chi connectivity index (χ4n) is 2.78. The van der Waals surface area contributed by atoms with Crippen molar-refractivity contribution in [2.45, 2.75) is 27.3 Å². The SMILES string of the molecule is COc1cc(C=NNC(=O)c2sccc2C)ccc1Cn1nc(C)c(Br)c1C. The van der Waals surface area contributed by atoms with Crippen LogP contribution in [0.5, 0.6) is 5.75 Å². The molecule has 0 radical (unpaired) electrons. The van der Waals surface area contributed by atoms with Gasteiger partial charge in [0.1, 0.15) is 5.75 Å². The second-order valence-corrected chi connectivity index (χ2v) is 8.05. The highest BCUT2D eigenvalue weighted by molar-refractivity contribution is 9.10. The Balaban J connectivity index is 1.73. The van der Waals surface area contributed by atoms with Gasteiger partial charge in [0, 0.05) is 5.56 Å². The first-order valence-electron chi connectivity index (χ1n) is 8.64. The Labute approximate surface area is 176 Å². The minimum Gasteiger partial charge on any atom is -0.496 e. The van der Waals surface area contributed by atoms with E-state index in [1.165, 1.54) is 11.3 Å². The zero-order chi connectivity index (χ0) is 20.3. The lowest BCUT2D eigenvalue weighted by atomic mass is 10.1. The minimum absolute atomic E-state index is 0.206. The molecule has 3 aromatic rings. The van der Waals surface area contributed by atoms with Crippen LogP contribution in [-0.4, -0.2) is 29.0 Å². The molecule has 0 aliphatic carbocycles. The third-order valence-electron chi connectivity index (χ3n) is 4.37. The summed E-state index contributed by atoms with van der Waals surface area (Å²) in [7, 11) is 1.64. The van der Waals surface area contributed by atoms with Crippen LogP contribution in [0.15, 0.2) is 39.2 Å². The molecule has 2 heterocycles. The average Bonchev–Trinajstić information content (AvgIpc) is 3.21. The fourth-order valence-corrected chi connectivity index (χ4v) is 3.88. The molecule has 2 aromatic heterocycles. The smallest absolute Gasteiger partial charge is 0.281 e. The van der Waals surface area contributed by atoms with Gasteiger partial charge in [0.25, 0.3) is 5.91 Å². The van der Waals surface area contributed by atoms with Crippen LogP contribution in [0.2, 0.25) is 0 Å². The summed E-state index contributed by atoms with van der Waals surface area (Å²) in [5.74, 6) is 0.537. The van der Waals surface area contributed by atoms with Crippen molar-refractivity contribution in [1.82, 2.24) is 15.2 Å². The lowest BCUT2D eigenvalue weighted by Gasteiger charge is -2.11. The molecule has 28 heavy (non-hydrogen) atoms. The molecule has 0 spiro atoms. The number of aryl methyl sites for hydroxylation is 2. The zero-order valence-electron chi connectivity index (χ0n) is 16.1. The molecule has 0 bridgehead atoms. The summed E-state index contributed by atoms with van der Waals surface area (Å²) in [6.07, 6.45) is 1.60. The van der Waals surface area contributed by atoms with Gasteiger partial charge in [-0.1, -0.05) is 12.1 Å². The molecule has 0 unspecified atom stereocenters. The third-order valence-corrected chi connectivity index (χ3v) is 6.54. The van der Waals surface area contributed by atoms with Crippen LogP contribution in [0.3, 0.4) is 0 Å². The molecule has 6 nitrogen and oxygen atoms in total. The first-order chi connectivity index (χ1) is 13.4. The molecule has 0 aliphatic rings. The molecule has 1 amide bonds. The predicted octanol–water partition coefficient (Wildman–Crippen LogP) is 4.45. The number of amides is 1. The van der Waals surface area contributed by atoms with Crippen LogP contribution in [0.1, 0.15) is 37.7 Å². The monoisotopic (exact) mass is 460 g/mol. The number of aromatic nitrogens is 2. The summed E-state index contributed by atoms with van der Waals surface area (Å²) < 4.78 is 8.50. The van der Waals surface area contributed by atoms with Gasteiger partial charge in [0.2, 0.25) is 0 Å². The first-order valence-corrected chi connectivity index (χ1v) is 10.3. The van der Waals surface area contributed by atoms with Crippen LogP contribution < -0.4 is 10.2 Å². The van der Waals surface area contributed by atoms with E-state index < -0.39 is 0 Å². The number of carbonyl (C=O) groups is 1. The topological polar surface area (TPSA) is 68.5 Å². The van der Waals surface area contributed by atoms with E-state index in [0.717, 1.165) is 38.3 Å². The van der Waals surface area contributed by atoms with Crippen molar-refractivity contribution in [3.8, 4) is 5.75 Å². The van der Waals surface area contributed by atoms with Gasteiger partial charge in [-0.25, -0.2) is 5.43 Å². The molecule has 0 saturated carbocycles. The fraction of sp³-hybridized carbons (Fsp3) is 0.250. The number of hydrogen-bond donors (Lipinski definition) is 1.